The van der Waals surface area contributed by atoms with Gasteiger partial charge in [0.1, 0.15) is 0 Å². The fraction of sp³-hybridized carbons (Fsp3) is 0.700. The standard InChI is InChI=1S/C8H10.C7H14.C5H10O/c1-2-8-6-4-3-5-7-8;1-7-5-3-2-4-6-7;1-5-3-2-4-6-5/h3-7H,2H2,1H3;7H,2-6H2,1H3;5H,2-4H2,1H3. The zero-order valence-corrected chi connectivity index (χ0v) is 14.3. The second-order valence-corrected chi connectivity index (χ2v) is 6.41. The molecule has 1 aromatic carbocycles. The Morgan fingerprint density at radius 2 is 1.57 bits per heavy atom. The number of hydrogen-bond donors (Lipinski definition) is 0. The second kappa shape index (κ2) is 11.8. The van der Waals surface area contributed by atoms with Crippen LogP contribution in [0.15, 0.2) is 30.3 Å². The highest BCUT2D eigenvalue weighted by Crippen LogP contribution is 2.22. The van der Waals surface area contributed by atoms with Crippen molar-refractivity contribution in [3.05, 3.63) is 35.9 Å². The Kier molecular flexibility index (Phi) is 10.2. The largest absolute Gasteiger partial charge is 0.379 e. The highest BCUT2D eigenvalue weighted by molar-refractivity contribution is 5.13. The van der Waals surface area contributed by atoms with Gasteiger partial charge in [-0.05, 0) is 37.7 Å². The number of aryl methyl sites for hydroxylation is 1. The molecule has 2 aliphatic rings. The molecule has 1 heterocycles. The molecule has 1 saturated heterocycles. The van der Waals surface area contributed by atoms with Crippen LogP contribution in [-0.4, -0.2) is 12.7 Å². The van der Waals surface area contributed by atoms with Crippen LogP contribution in [0.1, 0.15) is 71.3 Å². The van der Waals surface area contributed by atoms with Gasteiger partial charge in [0, 0.05) is 6.61 Å². The van der Waals surface area contributed by atoms with E-state index >= 15 is 0 Å². The molecule has 1 unspecified atom stereocenters. The van der Waals surface area contributed by atoms with E-state index < -0.39 is 0 Å². The minimum Gasteiger partial charge on any atom is -0.379 e. The molecular weight excluding hydrogens is 256 g/mol. The summed E-state index contributed by atoms with van der Waals surface area (Å²) in [5, 5.41) is 0. The lowest BCUT2D eigenvalue weighted by Crippen LogP contribution is -1.99. The number of ether oxygens (including phenoxy) is 1. The fourth-order valence-electron chi connectivity index (χ4n) is 2.76. The van der Waals surface area contributed by atoms with E-state index in [4.69, 9.17) is 4.74 Å². The van der Waals surface area contributed by atoms with Crippen molar-refractivity contribution in [1.82, 2.24) is 0 Å². The molecule has 21 heavy (non-hydrogen) atoms. The van der Waals surface area contributed by atoms with Crippen LogP contribution in [0.25, 0.3) is 0 Å². The van der Waals surface area contributed by atoms with Gasteiger partial charge in [-0.3, -0.25) is 0 Å². The lowest BCUT2D eigenvalue weighted by Gasteiger charge is -2.15. The van der Waals surface area contributed by atoms with E-state index in [9.17, 15) is 0 Å². The molecule has 1 atom stereocenters. The quantitative estimate of drug-likeness (QED) is 0.614. The van der Waals surface area contributed by atoms with Crippen molar-refractivity contribution in [1.29, 1.82) is 0 Å². The summed E-state index contributed by atoms with van der Waals surface area (Å²) in [5.41, 5.74) is 1.41. The van der Waals surface area contributed by atoms with E-state index in [2.05, 4.69) is 45.0 Å². The summed E-state index contributed by atoms with van der Waals surface area (Å²) < 4.78 is 5.15. The summed E-state index contributed by atoms with van der Waals surface area (Å²) in [6.07, 6.45) is 11.7. The topological polar surface area (TPSA) is 9.23 Å². The average Bonchev–Trinajstić information content (AvgIpc) is 3.01. The minimum absolute atomic E-state index is 0.546. The normalized spacial score (nSPS) is 21.8. The fourth-order valence-corrected chi connectivity index (χ4v) is 2.76. The molecule has 0 amide bonds. The summed E-state index contributed by atoms with van der Waals surface area (Å²) in [5.74, 6) is 1.04. The maximum Gasteiger partial charge on any atom is 0.0547 e. The Morgan fingerprint density at radius 3 is 1.86 bits per heavy atom. The first kappa shape index (κ1) is 18.2. The van der Waals surface area contributed by atoms with Gasteiger partial charge < -0.3 is 4.74 Å². The second-order valence-electron chi connectivity index (χ2n) is 6.41. The molecule has 0 radical (unpaired) electrons. The molecule has 0 spiro atoms. The third-order valence-corrected chi connectivity index (χ3v) is 4.30. The molecule has 0 bridgehead atoms. The van der Waals surface area contributed by atoms with E-state index in [0.29, 0.717) is 6.10 Å². The maximum absolute atomic E-state index is 5.15. The highest BCUT2D eigenvalue weighted by atomic mass is 16.5. The molecule has 0 aromatic heterocycles. The Bertz CT molecular complexity index is 321. The van der Waals surface area contributed by atoms with Crippen molar-refractivity contribution < 1.29 is 4.74 Å². The van der Waals surface area contributed by atoms with Crippen LogP contribution in [0.4, 0.5) is 0 Å². The van der Waals surface area contributed by atoms with E-state index in [-0.39, 0.29) is 0 Å². The smallest absolute Gasteiger partial charge is 0.0547 e. The number of hydrogen-bond acceptors (Lipinski definition) is 1. The maximum atomic E-state index is 5.15. The van der Waals surface area contributed by atoms with Gasteiger partial charge in [0.05, 0.1) is 6.10 Å². The number of benzene rings is 1. The van der Waals surface area contributed by atoms with Crippen LogP contribution >= 0.6 is 0 Å². The van der Waals surface area contributed by atoms with Crippen LogP contribution in [0, 0.1) is 5.92 Å². The molecule has 2 fully saturated rings. The van der Waals surface area contributed by atoms with Crippen molar-refractivity contribution in [3.8, 4) is 0 Å². The van der Waals surface area contributed by atoms with Crippen LogP contribution < -0.4 is 0 Å². The molecule has 1 saturated carbocycles. The Hall–Kier alpha value is -0.820. The monoisotopic (exact) mass is 290 g/mol. The Labute approximate surface area is 132 Å². The Balaban J connectivity index is 0.000000159. The molecule has 0 N–H and O–H groups in total. The summed E-state index contributed by atoms with van der Waals surface area (Å²) >= 11 is 0. The average molecular weight is 290 g/mol. The molecule has 1 aliphatic carbocycles. The molecule has 1 aromatic rings. The molecule has 3 rings (SSSR count). The van der Waals surface area contributed by atoms with Gasteiger partial charge in [0.15, 0.2) is 0 Å². The number of rotatable bonds is 1. The van der Waals surface area contributed by atoms with Crippen molar-refractivity contribution in [2.45, 2.75) is 78.2 Å². The lowest BCUT2D eigenvalue weighted by molar-refractivity contribution is 0.125. The van der Waals surface area contributed by atoms with E-state index in [1.54, 1.807) is 0 Å². The molecule has 1 heteroatoms. The van der Waals surface area contributed by atoms with Crippen molar-refractivity contribution >= 4 is 0 Å². The third-order valence-electron chi connectivity index (χ3n) is 4.30. The molecule has 1 nitrogen and oxygen atoms in total. The Morgan fingerprint density at radius 1 is 0.905 bits per heavy atom. The predicted molar refractivity (Wildman–Crippen MR) is 92.7 cm³/mol. The highest BCUT2D eigenvalue weighted by Gasteiger charge is 2.07. The summed E-state index contributed by atoms with van der Waals surface area (Å²) in [4.78, 5) is 0. The first-order valence-corrected chi connectivity index (χ1v) is 8.88. The van der Waals surface area contributed by atoms with Crippen molar-refractivity contribution in [3.63, 3.8) is 0 Å². The van der Waals surface area contributed by atoms with Crippen LogP contribution in [0.2, 0.25) is 0 Å². The molecule has 120 valence electrons. The van der Waals surface area contributed by atoms with Gasteiger partial charge in [0.25, 0.3) is 0 Å². The van der Waals surface area contributed by atoms with Crippen LogP contribution in [-0.2, 0) is 11.2 Å². The minimum atomic E-state index is 0.546. The zero-order valence-electron chi connectivity index (χ0n) is 14.3. The first-order chi connectivity index (χ1) is 10.2. The van der Waals surface area contributed by atoms with Gasteiger partial charge >= 0.3 is 0 Å². The van der Waals surface area contributed by atoms with Gasteiger partial charge in [-0.25, -0.2) is 0 Å². The summed E-state index contributed by atoms with van der Waals surface area (Å²) in [6.45, 7) is 7.63. The third kappa shape index (κ3) is 9.68. The predicted octanol–water partition coefficient (Wildman–Crippen LogP) is 6.02. The molecule has 1 aliphatic heterocycles. The van der Waals surface area contributed by atoms with Gasteiger partial charge in [-0.15, -0.1) is 0 Å². The first-order valence-electron chi connectivity index (χ1n) is 8.88. The van der Waals surface area contributed by atoms with Gasteiger partial charge in [-0.2, -0.15) is 0 Å². The van der Waals surface area contributed by atoms with Crippen LogP contribution in [0.3, 0.4) is 0 Å². The summed E-state index contributed by atoms with van der Waals surface area (Å²) in [6, 6.07) is 10.5. The van der Waals surface area contributed by atoms with E-state index in [0.717, 1.165) is 18.9 Å². The van der Waals surface area contributed by atoms with Gasteiger partial charge in [0.2, 0.25) is 0 Å². The lowest BCUT2D eigenvalue weighted by atomic mass is 9.91. The van der Waals surface area contributed by atoms with Crippen molar-refractivity contribution in [2.75, 3.05) is 6.61 Å². The zero-order chi connectivity index (χ0) is 15.3. The SMILES string of the molecule is CC1CCCCC1.CC1CCCO1.CCc1ccccc1. The van der Waals surface area contributed by atoms with Gasteiger partial charge in [-0.1, -0.05) is 76.3 Å². The summed E-state index contributed by atoms with van der Waals surface area (Å²) in [7, 11) is 0. The molecular formula is C20H34O. The van der Waals surface area contributed by atoms with Crippen molar-refractivity contribution in [2.24, 2.45) is 5.92 Å². The van der Waals surface area contributed by atoms with Crippen LogP contribution in [0.5, 0.6) is 0 Å². The van der Waals surface area contributed by atoms with E-state index in [1.165, 1.54) is 50.5 Å². The van der Waals surface area contributed by atoms with E-state index in [1.807, 2.05) is 6.07 Å².